The van der Waals surface area contributed by atoms with E-state index in [0.717, 1.165) is 4.88 Å². The summed E-state index contributed by atoms with van der Waals surface area (Å²) in [6.45, 7) is 0.233. The Morgan fingerprint density at radius 2 is 2.27 bits per heavy atom. The number of carbonyl (C=O) groups excluding carboxylic acids is 1. The fraction of sp³-hybridized carbons (Fsp3) is 0.250. The molecule has 1 aromatic rings. The molecule has 1 heterocycles. The quantitative estimate of drug-likeness (QED) is 0.674. The van der Waals surface area contributed by atoms with Gasteiger partial charge in [0.2, 0.25) is 5.91 Å². The Kier molecular flexibility index (Phi) is 4.07. The Morgan fingerprint density at radius 3 is 2.73 bits per heavy atom. The van der Waals surface area contributed by atoms with E-state index in [1.165, 1.54) is 11.3 Å². The molecule has 0 radical (unpaired) electrons. The van der Waals surface area contributed by atoms with Crippen molar-refractivity contribution in [1.29, 1.82) is 0 Å². The Labute approximate surface area is 94.8 Å². The second-order valence-electron chi connectivity index (χ2n) is 2.74. The van der Waals surface area contributed by atoms with Gasteiger partial charge in [-0.05, 0) is 12.1 Å². The van der Waals surface area contributed by atoms with Crippen LogP contribution in [0.4, 0.5) is 0 Å². The molecule has 1 atom stereocenters. The normalized spacial score (nSPS) is 12.1. The van der Waals surface area contributed by atoms with E-state index in [1.807, 2.05) is 0 Å². The van der Waals surface area contributed by atoms with Crippen molar-refractivity contribution in [2.75, 3.05) is 0 Å². The molecule has 0 aliphatic rings. The number of amides is 1. The number of hydrogen-bond acceptors (Lipinski definition) is 4. The molecule has 7 heteroatoms. The molecule has 0 fully saturated rings. The molecule has 0 aliphatic carbocycles. The highest BCUT2D eigenvalue weighted by atomic mass is 35.5. The number of thiophene rings is 1. The monoisotopic (exact) mass is 248 g/mol. The lowest BCUT2D eigenvalue weighted by Gasteiger charge is -2.06. The SMILES string of the molecule is NC(C(=O)O)C(=O)NCc1ccc(Cl)s1. The maximum atomic E-state index is 11.1. The number of nitrogens with two attached hydrogens (primary N) is 1. The van der Waals surface area contributed by atoms with Gasteiger partial charge in [0.05, 0.1) is 10.9 Å². The highest BCUT2D eigenvalue weighted by Crippen LogP contribution is 2.20. The van der Waals surface area contributed by atoms with Crippen LogP contribution in [0.1, 0.15) is 4.88 Å². The molecule has 15 heavy (non-hydrogen) atoms. The highest BCUT2D eigenvalue weighted by Gasteiger charge is 2.20. The first-order valence-corrected chi connectivity index (χ1v) is 5.20. The van der Waals surface area contributed by atoms with E-state index in [4.69, 9.17) is 22.4 Å². The van der Waals surface area contributed by atoms with Crippen molar-refractivity contribution in [3.05, 3.63) is 21.3 Å². The van der Waals surface area contributed by atoms with Crippen LogP contribution in [-0.4, -0.2) is 23.0 Å². The third kappa shape index (κ3) is 3.50. The van der Waals surface area contributed by atoms with Crippen LogP contribution in [0.2, 0.25) is 4.34 Å². The number of halogens is 1. The number of carbonyl (C=O) groups is 2. The highest BCUT2D eigenvalue weighted by molar-refractivity contribution is 7.16. The number of rotatable bonds is 4. The van der Waals surface area contributed by atoms with Gasteiger partial charge in [-0.2, -0.15) is 0 Å². The first-order chi connectivity index (χ1) is 7.00. The van der Waals surface area contributed by atoms with E-state index in [9.17, 15) is 9.59 Å². The van der Waals surface area contributed by atoms with Gasteiger partial charge in [0.15, 0.2) is 6.04 Å². The van der Waals surface area contributed by atoms with E-state index in [-0.39, 0.29) is 6.54 Å². The Balaban J connectivity index is 2.44. The smallest absolute Gasteiger partial charge is 0.330 e. The summed E-state index contributed by atoms with van der Waals surface area (Å²) in [6, 6.07) is 1.92. The molecule has 0 aromatic carbocycles. The van der Waals surface area contributed by atoms with E-state index >= 15 is 0 Å². The Bertz CT molecular complexity index is 380. The number of nitrogens with one attached hydrogen (secondary N) is 1. The van der Waals surface area contributed by atoms with Gasteiger partial charge >= 0.3 is 5.97 Å². The summed E-state index contributed by atoms with van der Waals surface area (Å²) in [7, 11) is 0. The van der Waals surface area contributed by atoms with Crippen molar-refractivity contribution in [1.82, 2.24) is 5.32 Å². The van der Waals surface area contributed by atoms with Crippen molar-refractivity contribution >= 4 is 34.8 Å². The summed E-state index contributed by atoms with van der Waals surface area (Å²) >= 11 is 6.99. The fourth-order valence-corrected chi connectivity index (χ4v) is 1.87. The minimum atomic E-state index is -1.53. The van der Waals surface area contributed by atoms with Crippen LogP contribution >= 0.6 is 22.9 Å². The van der Waals surface area contributed by atoms with Crippen LogP contribution < -0.4 is 11.1 Å². The van der Waals surface area contributed by atoms with Gasteiger partial charge in [-0.25, -0.2) is 4.79 Å². The first kappa shape index (κ1) is 12.0. The lowest BCUT2D eigenvalue weighted by Crippen LogP contribution is -2.45. The van der Waals surface area contributed by atoms with Crippen molar-refractivity contribution < 1.29 is 14.7 Å². The summed E-state index contributed by atoms with van der Waals surface area (Å²) in [5.74, 6) is -2.07. The topological polar surface area (TPSA) is 92.4 Å². The first-order valence-electron chi connectivity index (χ1n) is 4.01. The third-order valence-corrected chi connectivity index (χ3v) is 2.85. The second-order valence-corrected chi connectivity index (χ2v) is 4.54. The van der Waals surface area contributed by atoms with E-state index < -0.39 is 17.9 Å². The predicted molar refractivity (Wildman–Crippen MR) is 56.8 cm³/mol. The Morgan fingerprint density at radius 1 is 1.60 bits per heavy atom. The lowest BCUT2D eigenvalue weighted by molar-refractivity contribution is -0.142. The zero-order valence-electron chi connectivity index (χ0n) is 7.57. The van der Waals surface area contributed by atoms with Crippen molar-refractivity contribution in [2.45, 2.75) is 12.6 Å². The molecule has 1 aromatic heterocycles. The number of aliphatic carboxylic acids is 1. The maximum Gasteiger partial charge on any atom is 0.330 e. The van der Waals surface area contributed by atoms with Gasteiger partial charge in [-0.15, -0.1) is 11.3 Å². The molecule has 0 aliphatic heterocycles. The molecule has 1 amide bonds. The van der Waals surface area contributed by atoms with Crippen LogP contribution in [0.25, 0.3) is 0 Å². The van der Waals surface area contributed by atoms with Gasteiger partial charge in [0, 0.05) is 4.88 Å². The average Bonchev–Trinajstić information content (AvgIpc) is 2.59. The Hall–Kier alpha value is -1.11. The number of hydrogen-bond donors (Lipinski definition) is 3. The summed E-state index contributed by atoms with van der Waals surface area (Å²) < 4.78 is 0.613. The summed E-state index contributed by atoms with van der Waals surface area (Å²) in [5.41, 5.74) is 5.10. The molecule has 5 nitrogen and oxygen atoms in total. The van der Waals surface area contributed by atoms with Gasteiger partial charge in [-0.1, -0.05) is 11.6 Å². The molecule has 0 saturated carbocycles. The van der Waals surface area contributed by atoms with Gasteiger partial charge in [0.1, 0.15) is 0 Å². The van der Waals surface area contributed by atoms with Crippen molar-refractivity contribution in [3.63, 3.8) is 0 Å². The summed E-state index contributed by atoms with van der Waals surface area (Å²) in [5, 5.41) is 10.8. The van der Waals surface area contributed by atoms with E-state index in [2.05, 4.69) is 5.32 Å². The second kappa shape index (κ2) is 5.11. The van der Waals surface area contributed by atoms with Crippen LogP contribution in [0.15, 0.2) is 12.1 Å². The number of carboxylic acid groups (broad SMARTS) is 1. The number of carboxylic acids is 1. The van der Waals surface area contributed by atoms with Crippen molar-refractivity contribution in [2.24, 2.45) is 5.73 Å². The molecule has 4 N–H and O–H groups in total. The molecule has 1 rings (SSSR count). The summed E-state index contributed by atoms with van der Waals surface area (Å²) in [4.78, 5) is 22.3. The molecule has 82 valence electrons. The van der Waals surface area contributed by atoms with E-state index in [0.29, 0.717) is 4.34 Å². The molecule has 1 unspecified atom stereocenters. The minimum Gasteiger partial charge on any atom is -0.480 e. The largest absolute Gasteiger partial charge is 0.480 e. The van der Waals surface area contributed by atoms with Gasteiger partial charge < -0.3 is 16.2 Å². The minimum absolute atomic E-state index is 0.233. The van der Waals surface area contributed by atoms with Crippen LogP contribution in [0.3, 0.4) is 0 Å². The zero-order chi connectivity index (χ0) is 11.4. The summed E-state index contributed by atoms with van der Waals surface area (Å²) in [6.07, 6.45) is 0. The van der Waals surface area contributed by atoms with Crippen LogP contribution in [0, 0.1) is 0 Å². The fourth-order valence-electron chi connectivity index (χ4n) is 0.843. The van der Waals surface area contributed by atoms with Crippen LogP contribution in [0.5, 0.6) is 0 Å². The van der Waals surface area contributed by atoms with Gasteiger partial charge in [0.25, 0.3) is 0 Å². The maximum absolute atomic E-state index is 11.1. The molecular weight excluding hydrogens is 240 g/mol. The zero-order valence-corrected chi connectivity index (χ0v) is 9.14. The third-order valence-electron chi connectivity index (χ3n) is 1.61. The van der Waals surface area contributed by atoms with Crippen LogP contribution in [-0.2, 0) is 16.1 Å². The predicted octanol–water partition coefficient (Wildman–Crippen LogP) is 0.430. The van der Waals surface area contributed by atoms with E-state index in [1.54, 1.807) is 12.1 Å². The standard InChI is InChI=1S/C8H9ClN2O3S/c9-5-2-1-4(15-5)3-11-7(12)6(10)8(13)14/h1-2,6H,3,10H2,(H,11,12)(H,13,14). The van der Waals surface area contributed by atoms with Crippen molar-refractivity contribution in [3.8, 4) is 0 Å². The molecule has 0 bridgehead atoms. The van der Waals surface area contributed by atoms with Gasteiger partial charge in [-0.3, -0.25) is 4.79 Å². The molecule has 0 saturated heterocycles. The molecular formula is C8H9ClN2O3S. The average molecular weight is 249 g/mol. The lowest BCUT2D eigenvalue weighted by atomic mass is 10.3. The molecule has 0 spiro atoms.